The van der Waals surface area contributed by atoms with Gasteiger partial charge in [0.1, 0.15) is 0 Å². The maximum atomic E-state index is 12.0. The van der Waals surface area contributed by atoms with Crippen LogP contribution in [0.2, 0.25) is 0 Å². The second kappa shape index (κ2) is 7.82. The van der Waals surface area contributed by atoms with Gasteiger partial charge in [0.25, 0.3) is 5.91 Å². The van der Waals surface area contributed by atoms with Crippen LogP contribution in [0, 0.1) is 0 Å². The number of carbonyl (C=O) groups excluding carboxylic acids is 3. The summed E-state index contributed by atoms with van der Waals surface area (Å²) in [6.45, 7) is 2.86. The molecule has 1 unspecified atom stereocenters. The van der Waals surface area contributed by atoms with Crippen molar-refractivity contribution < 1.29 is 19.1 Å². The van der Waals surface area contributed by atoms with E-state index in [1.807, 2.05) is 0 Å². The van der Waals surface area contributed by atoms with Crippen molar-refractivity contribution in [1.29, 1.82) is 0 Å². The van der Waals surface area contributed by atoms with E-state index in [4.69, 9.17) is 4.74 Å². The lowest BCUT2D eigenvalue weighted by molar-refractivity contribution is -0.123. The standard InChI is InChI=1S/C16H16N4O4/c1-10(24-16(23)14-9-17-7-8-18-14)15(22)20-13-5-3-12(4-6-13)19-11(2)21/h3-10H,1-2H3,(H,19,21)(H,20,22). The van der Waals surface area contributed by atoms with E-state index < -0.39 is 18.0 Å². The highest BCUT2D eigenvalue weighted by Crippen LogP contribution is 2.14. The van der Waals surface area contributed by atoms with E-state index in [1.165, 1.54) is 32.4 Å². The predicted octanol–water partition coefficient (Wildman–Crippen LogP) is 1.62. The van der Waals surface area contributed by atoms with Crippen LogP contribution in [0.3, 0.4) is 0 Å². The van der Waals surface area contributed by atoms with Crippen LogP contribution in [-0.4, -0.2) is 33.9 Å². The van der Waals surface area contributed by atoms with Gasteiger partial charge in [-0.2, -0.15) is 0 Å². The molecular weight excluding hydrogens is 312 g/mol. The fourth-order valence-corrected chi connectivity index (χ4v) is 1.76. The van der Waals surface area contributed by atoms with Crippen LogP contribution in [-0.2, 0) is 14.3 Å². The molecule has 0 fully saturated rings. The molecule has 0 saturated heterocycles. The van der Waals surface area contributed by atoms with Crippen LogP contribution in [0.4, 0.5) is 11.4 Å². The van der Waals surface area contributed by atoms with Crippen LogP contribution in [0.15, 0.2) is 42.9 Å². The lowest BCUT2D eigenvalue weighted by Crippen LogP contribution is -2.30. The van der Waals surface area contributed by atoms with Crippen molar-refractivity contribution in [2.24, 2.45) is 0 Å². The zero-order valence-corrected chi connectivity index (χ0v) is 13.1. The highest BCUT2D eigenvalue weighted by Gasteiger charge is 2.19. The molecule has 0 saturated carbocycles. The van der Waals surface area contributed by atoms with E-state index in [2.05, 4.69) is 20.6 Å². The fourth-order valence-electron chi connectivity index (χ4n) is 1.76. The molecule has 0 aliphatic carbocycles. The van der Waals surface area contributed by atoms with Gasteiger partial charge in [-0.1, -0.05) is 0 Å². The van der Waals surface area contributed by atoms with Gasteiger partial charge in [0.05, 0.1) is 6.20 Å². The van der Waals surface area contributed by atoms with Crippen molar-refractivity contribution in [3.63, 3.8) is 0 Å². The van der Waals surface area contributed by atoms with Crippen LogP contribution in [0.1, 0.15) is 24.3 Å². The van der Waals surface area contributed by atoms with Gasteiger partial charge in [0.15, 0.2) is 11.8 Å². The minimum absolute atomic E-state index is 0.0248. The van der Waals surface area contributed by atoms with E-state index >= 15 is 0 Å². The average molecular weight is 328 g/mol. The third-order valence-electron chi connectivity index (χ3n) is 2.90. The van der Waals surface area contributed by atoms with Crippen molar-refractivity contribution in [2.75, 3.05) is 10.6 Å². The molecule has 2 amide bonds. The molecule has 1 aromatic carbocycles. The van der Waals surface area contributed by atoms with Gasteiger partial charge in [-0.15, -0.1) is 0 Å². The second-order valence-corrected chi connectivity index (χ2v) is 4.89. The Morgan fingerprint density at radius 1 is 1.04 bits per heavy atom. The molecule has 1 aromatic heterocycles. The number of hydrogen-bond acceptors (Lipinski definition) is 6. The molecule has 124 valence electrons. The molecule has 8 nitrogen and oxygen atoms in total. The third kappa shape index (κ3) is 4.87. The molecule has 1 atom stereocenters. The molecule has 0 radical (unpaired) electrons. The van der Waals surface area contributed by atoms with Crippen molar-refractivity contribution in [1.82, 2.24) is 9.97 Å². The number of anilines is 2. The van der Waals surface area contributed by atoms with E-state index in [1.54, 1.807) is 24.3 Å². The Morgan fingerprint density at radius 3 is 2.21 bits per heavy atom. The summed E-state index contributed by atoms with van der Waals surface area (Å²) in [5.41, 5.74) is 1.15. The number of amides is 2. The van der Waals surface area contributed by atoms with Gasteiger partial charge in [-0.25, -0.2) is 9.78 Å². The summed E-state index contributed by atoms with van der Waals surface area (Å²) in [4.78, 5) is 42.4. The number of benzene rings is 1. The number of rotatable bonds is 5. The molecule has 0 spiro atoms. The number of esters is 1. The molecular formula is C16H16N4O4. The van der Waals surface area contributed by atoms with E-state index in [-0.39, 0.29) is 11.6 Å². The highest BCUT2D eigenvalue weighted by atomic mass is 16.5. The monoisotopic (exact) mass is 328 g/mol. The Balaban J connectivity index is 1.91. The van der Waals surface area contributed by atoms with Gasteiger partial charge in [0, 0.05) is 30.7 Å². The lowest BCUT2D eigenvalue weighted by Gasteiger charge is -2.13. The van der Waals surface area contributed by atoms with Crippen LogP contribution in [0.5, 0.6) is 0 Å². The van der Waals surface area contributed by atoms with Crippen LogP contribution in [0.25, 0.3) is 0 Å². The first-order valence-electron chi connectivity index (χ1n) is 7.11. The second-order valence-electron chi connectivity index (χ2n) is 4.89. The Morgan fingerprint density at radius 2 is 1.67 bits per heavy atom. The summed E-state index contributed by atoms with van der Waals surface area (Å²) < 4.78 is 5.04. The van der Waals surface area contributed by atoms with Gasteiger partial charge in [-0.3, -0.25) is 14.6 Å². The van der Waals surface area contributed by atoms with Crippen molar-refractivity contribution in [3.8, 4) is 0 Å². The molecule has 2 N–H and O–H groups in total. The molecule has 2 aromatic rings. The Labute approximate surface area is 138 Å². The number of nitrogens with zero attached hydrogens (tertiary/aromatic N) is 2. The topological polar surface area (TPSA) is 110 Å². The zero-order valence-electron chi connectivity index (χ0n) is 13.1. The number of carbonyl (C=O) groups is 3. The molecule has 1 heterocycles. The maximum absolute atomic E-state index is 12.0. The first-order chi connectivity index (χ1) is 11.5. The average Bonchev–Trinajstić information content (AvgIpc) is 2.56. The van der Waals surface area contributed by atoms with Gasteiger partial charge >= 0.3 is 5.97 Å². The third-order valence-corrected chi connectivity index (χ3v) is 2.90. The summed E-state index contributed by atoms with van der Waals surface area (Å²) in [6, 6.07) is 6.54. The maximum Gasteiger partial charge on any atom is 0.359 e. The quantitative estimate of drug-likeness (QED) is 0.807. The normalized spacial score (nSPS) is 11.2. The molecule has 0 bridgehead atoms. The van der Waals surface area contributed by atoms with Crippen LogP contribution < -0.4 is 10.6 Å². The summed E-state index contributed by atoms with van der Waals surface area (Å²) in [5.74, 6) is -1.40. The molecule has 24 heavy (non-hydrogen) atoms. The van der Waals surface area contributed by atoms with Crippen molar-refractivity contribution in [3.05, 3.63) is 48.5 Å². The lowest BCUT2D eigenvalue weighted by atomic mass is 10.2. The molecule has 0 aliphatic rings. The van der Waals surface area contributed by atoms with Crippen molar-refractivity contribution in [2.45, 2.75) is 20.0 Å². The minimum atomic E-state index is -1.01. The molecule has 0 aliphatic heterocycles. The van der Waals surface area contributed by atoms with E-state index in [0.717, 1.165) is 0 Å². The zero-order chi connectivity index (χ0) is 17.5. The summed E-state index contributed by atoms with van der Waals surface area (Å²) >= 11 is 0. The van der Waals surface area contributed by atoms with Gasteiger partial charge in [0.2, 0.25) is 5.91 Å². The number of nitrogens with one attached hydrogen (secondary N) is 2. The fraction of sp³-hybridized carbons (Fsp3) is 0.188. The predicted molar refractivity (Wildman–Crippen MR) is 86.3 cm³/mol. The van der Waals surface area contributed by atoms with E-state index in [0.29, 0.717) is 11.4 Å². The number of ether oxygens (including phenoxy) is 1. The van der Waals surface area contributed by atoms with Gasteiger partial charge < -0.3 is 15.4 Å². The summed E-state index contributed by atoms with van der Waals surface area (Å²) in [5, 5.41) is 5.23. The Kier molecular flexibility index (Phi) is 5.56. The Bertz CT molecular complexity index is 732. The number of aromatic nitrogens is 2. The largest absolute Gasteiger partial charge is 0.448 e. The first kappa shape index (κ1) is 17.1. The first-order valence-corrected chi connectivity index (χ1v) is 7.11. The summed E-state index contributed by atoms with van der Waals surface area (Å²) in [7, 11) is 0. The molecule has 8 heteroatoms. The van der Waals surface area contributed by atoms with Crippen molar-refractivity contribution >= 4 is 29.2 Å². The SMILES string of the molecule is CC(=O)Nc1ccc(NC(=O)C(C)OC(=O)c2cnccn2)cc1. The van der Waals surface area contributed by atoms with Crippen LogP contribution >= 0.6 is 0 Å². The van der Waals surface area contributed by atoms with Gasteiger partial charge in [-0.05, 0) is 31.2 Å². The summed E-state index contributed by atoms with van der Waals surface area (Å²) in [6.07, 6.45) is 3.04. The minimum Gasteiger partial charge on any atom is -0.448 e. The number of hydrogen-bond donors (Lipinski definition) is 2. The highest BCUT2D eigenvalue weighted by molar-refractivity contribution is 5.97. The smallest absolute Gasteiger partial charge is 0.359 e. The Hall–Kier alpha value is -3.29. The molecule has 2 rings (SSSR count). The van der Waals surface area contributed by atoms with E-state index in [9.17, 15) is 14.4 Å².